The number of carboxylic acids is 1. The van der Waals surface area contributed by atoms with Gasteiger partial charge in [0.05, 0.1) is 18.6 Å². The van der Waals surface area contributed by atoms with E-state index < -0.39 is 21.1 Å². The van der Waals surface area contributed by atoms with E-state index in [1.54, 1.807) is 19.2 Å². The summed E-state index contributed by atoms with van der Waals surface area (Å²) >= 11 is 0. The van der Waals surface area contributed by atoms with Crippen molar-refractivity contribution in [2.45, 2.75) is 42.8 Å². The lowest BCUT2D eigenvalue weighted by Crippen LogP contribution is -2.30. The molecule has 1 atom stereocenters. The van der Waals surface area contributed by atoms with Gasteiger partial charge < -0.3 is 14.6 Å². The number of hydrogen-bond donors (Lipinski definition) is 1. The highest BCUT2D eigenvalue weighted by Crippen LogP contribution is 2.22. The molecule has 0 heterocycles. The fourth-order valence-electron chi connectivity index (χ4n) is 2.77. The van der Waals surface area contributed by atoms with Crippen molar-refractivity contribution in [1.29, 1.82) is 0 Å². The van der Waals surface area contributed by atoms with Gasteiger partial charge in [-0.2, -0.15) is 0 Å². The number of ether oxygens (including phenoxy) is 2. The predicted molar refractivity (Wildman–Crippen MR) is 107 cm³/mol. The molecule has 0 fully saturated rings. The number of carboxylic acid groups (broad SMARTS) is 1. The van der Waals surface area contributed by atoms with Crippen molar-refractivity contribution in [3.8, 4) is 11.5 Å². The molecule has 2 aromatic carbocycles. The number of aryl methyl sites for hydroxylation is 1. The maximum absolute atomic E-state index is 12.6. The Kier molecular flexibility index (Phi) is 7.87. The number of aliphatic carboxylic acids is 1. The van der Waals surface area contributed by atoms with Gasteiger partial charge in [-0.1, -0.05) is 30.5 Å². The number of rotatable bonds is 11. The van der Waals surface area contributed by atoms with Crippen LogP contribution in [0.25, 0.3) is 0 Å². The van der Waals surface area contributed by atoms with Crippen LogP contribution in [0.15, 0.2) is 53.4 Å². The summed E-state index contributed by atoms with van der Waals surface area (Å²) in [6.07, 6.45) is 1.97. The first-order valence-corrected chi connectivity index (χ1v) is 10.7. The largest absolute Gasteiger partial charge is 0.497 e. The number of methoxy groups -OCH3 is 1. The Bertz CT molecular complexity index is 857. The molecular weight excluding hydrogens is 380 g/mol. The molecule has 0 amide bonds. The Balaban J connectivity index is 1.81. The lowest BCUT2D eigenvalue weighted by molar-refractivity contribution is -0.136. The quantitative estimate of drug-likeness (QED) is 0.570. The van der Waals surface area contributed by atoms with Crippen molar-refractivity contribution in [1.82, 2.24) is 0 Å². The lowest BCUT2D eigenvalue weighted by atomic mass is 10.1. The molecule has 0 spiro atoms. The molecule has 0 bridgehead atoms. The summed E-state index contributed by atoms with van der Waals surface area (Å²) in [5.74, 6) is 0.170. The van der Waals surface area contributed by atoms with E-state index in [0.29, 0.717) is 25.9 Å². The van der Waals surface area contributed by atoms with E-state index in [-0.39, 0.29) is 11.3 Å². The third-order valence-corrected chi connectivity index (χ3v) is 6.55. The molecule has 6 nitrogen and oxygen atoms in total. The van der Waals surface area contributed by atoms with Crippen LogP contribution in [0.1, 0.15) is 31.2 Å². The van der Waals surface area contributed by atoms with E-state index in [0.717, 1.165) is 17.1 Å². The van der Waals surface area contributed by atoms with Gasteiger partial charge in [0.2, 0.25) is 0 Å². The summed E-state index contributed by atoms with van der Waals surface area (Å²) in [7, 11) is -2.31. The van der Waals surface area contributed by atoms with Gasteiger partial charge in [-0.05, 0) is 56.2 Å². The van der Waals surface area contributed by atoms with Gasteiger partial charge in [0, 0.05) is 0 Å². The van der Waals surface area contributed by atoms with Gasteiger partial charge in [0.1, 0.15) is 11.5 Å². The minimum atomic E-state index is -3.90. The topological polar surface area (TPSA) is 89.9 Å². The van der Waals surface area contributed by atoms with Crippen LogP contribution in [-0.2, 0) is 14.6 Å². The highest BCUT2D eigenvalue weighted by Gasteiger charge is 2.33. The van der Waals surface area contributed by atoms with E-state index in [4.69, 9.17) is 9.47 Å². The number of sulfone groups is 1. The Morgan fingerprint density at radius 3 is 2.14 bits per heavy atom. The van der Waals surface area contributed by atoms with E-state index in [9.17, 15) is 18.3 Å². The average molecular weight is 407 g/mol. The van der Waals surface area contributed by atoms with Crippen LogP contribution in [0.3, 0.4) is 0 Å². The number of unbranched alkanes of at least 4 members (excludes halogenated alkanes) is 2. The predicted octanol–water partition coefficient (Wildman–Crippen LogP) is 3.87. The zero-order valence-electron chi connectivity index (χ0n) is 16.1. The minimum Gasteiger partial charge on any atom is -0.497 e. The monoisotopic (exact) mass is 406 g/mol. The third kappa shape index (κ3) is 5.99. The van der Waals surface area contributed by atoms with E-state index >= 15 is 0 Å². The molecule has 0 saturated heterocycles. The van der Waals surface area contributed by atoms with E-state index in [1.807, 2.05) is 31.2 Å². The fraction of sp³-hybridized carbons (Fsp3) is 0.381. The molecule has 152 valence electrons. The van der Waals surface area contributed by atoms with Crippen LogP contribution in [0, 0.1) is 6.92 Å². The van der Waals surface area contributed by atoms with Crippen molar-refractivity contribution in [2.24, 2.45) is 0 Å². The molecule has 28 heavy (non-hydrogen) atoms. The van der Waals surface area contributed by atoms with Crippen molar-refractivity contribution >= 4 is 15.8 Å². The lowest BCUT2D eigenvalue weighted by Gasteiger charge is -2.14. The Hall–Kier alpha value is -2.54. The Labute approximate surface area is 166 Å². The fourth-order valence-corrected chi connectivity index (χ4v) is 4.36. The third-order valence-electron chi connectivity index (χ3n) is 4.44. The van der Waals surface area contributed by atoms with Gasteiger partial charge in [0.25, 0.3) is 0 Å². The number of hydrogen-bond acceptors (Lipinski definition) is 5. The summed E-state index contributed by atoms with van der Waals surface area (Å²) in [4.78, 5) is 11.6. The average Bonchev–Trinajstić information content (AvgIpc) is 2.67. The van der Waals surface area contributed by atoms with E-state index in [2.05, 4.69) is 0 Å². The molecule has 0 aromatic heterocycles. The highest BCUT2D eigenvalue weighted by atomic mass is 32.2. The Morgan fingerprint density at radius 2 is 1.57 bits per heavy atom. The molecule has 1 N–H and O–H groups in total. The molecule has 0 radical (unpaired) electrons. The van der Waals surface area contributed by atoms with Crippen molar-refractivity contribution in [3.63, 3.8) is 0 Å². The highest BCUT2D eigenvalue weighted by molar-refractivity contribution is 7.92. The summed E-state index contributed by atoms with van der Waals surface area (Å²) < 4.78 is 36.0. The molecule has 1 unspecified atom stereocenters. The first-order valence-electron chi connectivity index (χ1n) is 9.15. The molecule has 0 aliphatic carbocycles. The zero-order chi connectivity index (χ0) is 20.6. The van der Waals surface area contributed by atoms with Crippen molar-refractivity contribution in [2.75, 3.05) is 13.7 Å². The second-order valence-electron chi connectivity index (χ2n) is 6.56. The van der Waals surface area contributed by atoms with Crippen molar-refractivity contribution < 1.29 is 27.8 Å². The molecule has 2 rings (SSSR count). The SMILES string of the molecule is COc1ccc(OCCCCCC(C(=O)O)S(=O)(=O)c2ccc(C)cc2)cc1. The van der Waals surface area contributed by atoms with Gasteiger partial charge in [-0.25, -0.2) is 8.42 Å². The molecule has 0 saturated carbocycles. The van der Waals surface area contributed by atoms with Crippen LogP contribution in [-0.4, -0.2) is 38.5 Å². The summed E-state index contributed by atoms with van der Waals surface area (Å²) in [6, 6.07) is 13.5. The molecule has 0 aliphatic rings. The van der Waals surface area contributed by atoms with Crippen LogP contribution in [0.2, 0.25) is 0 Å². The maximum atomic E-state index is 12.6. The standard InChI is InChI=1S/C21H26O6S/c1-16-7-13-19(14-8-16)28(24,25)20(21(22)23)6-4-3-5-15-27-18-11-9-17(26-2)10-12-18/h7-14,20H,3-6,15H2,1-2H3,(H,22,23). The second-order valence-corrected chi connectivity index (χ2v) is 8.69. The zero-order valence-corrected chi connectivity index (χ0v) is 16.9. The first kappa shape index (κ1) is 21.8. The molecule has 0 aliphatic heterocycles. The van der Waals surface area contributed by atoms with Crippen LogP contribution in [0.5, 0.6) is 11.5 Å². The van der Waals surface area contributed by atoms with Gasteiger partial charge in [0.15, 0.2) is 15.1 Å². The van der Waals surface area contributed by atoms with E-state index in [1.165, 1.54) is 12.1 Å². The van der Waals surface area contributed by atoms with Crippen LogP contribution < -0.4 is 9.47 Å². The van der Waals surface area contributed by atoms with Crippen LogP contribution in [0.4, 0.5) is 0 Å². The summed E-state index contributed by atoms with van der Waals surface area (Å²) in [5, 5.41) is 7.97. The smallest absolute Gasteiger partial charge is 0.322 e. The van der Waals surface area contributed by atoms with Crippen molar-refractivity contribution in [3.05, 3.63) is 54.1 Å². The Morgan fingerprint density at radius 1 is 0.964 bits per heavy atom. The molecule has 2 aromatic rings. The first-order chi connectivity index (χ1) is 13.3. The van der Waals surface area contributed by atoms with Gasteiger partial charge in [-0.15, -0.1) is 0 Å². The molecule has 7 heteroatoms. The summed E-state index contributed by atoms with van der Waals surface area (Å²) in [6.45, 7) is 2.33. The second kappa shape index (κ2) is 10.1. The maximum Gasteiger partial charge on any atom is 0.322 e. The number of carbonyl (C=O) groups is 1. The van der Waals surface area contributed by atoms with Gasteiger partial charge in [-0.3, -0.25) is 4.79 Å². The number of benzene rings is 2. The summed E-state index contributed by atoms with van der Waals surface area (Å²) in [5.41, 5.74) is 0.919. The normalized spacial score (nSPS) is 12.4. The molecular formula is C21H26O6S. The van der Waals surface area contributed by atoms with Gasteiger partial charge >= 0.3 is 5.97 Å². The minimum absolute atomic E-state index is 0.0494. The van der Waals surface area contributed by atoms with Crippen LogP contribution >= 0.6 is 0 Å².